The van der Waals surface area contributed by atoms with E-state index in [1.165, 1.54) is 12.1 Å². The average molecular weight is 1090 g/mol. The molecule has 0 unspecified atom stereocenters. The number of fused-ring (bicyclic) bond motifs is 2. The van der Waals surface area contributed by atoms with E-state index in [2.05, 4.69) is 14.8 Å². The van der Waals surface area contributed by atoms with Gasteiger partial charge in [-0.3, -0.25) is 14.0 Å². The molecule has 0 radical (unpaired) electrons. The summed E-state index contributed by atoms with van der Waals surface area (Å²) in [6.45, 7) is 11.0. The number of phenols is 2. The summed E-state index contributed by atoms with van der Waals surface area (Å²) in [5.41, 5.74) is 6.00. The molecule has 8 N–H and O–H groups in total. The highest BCUT2D eigenvalue weighted by molar-refractivity contribution is 7.93. The SMILES string of the molecule is CCc1cc(C)c(NS(=O)(=O)c2ccc(O)c(C(=O)O)c2)c(CC)c1N=c1ccc2c(-c3ccccc3S(=O)(=O)O)c3ccc(Nc4c(CC)cc(C)c(NS(=O)(=O)c5ccc(O)c(C(=O)O)c5)c4CC)cc3oc-2c1. The number of aryl methyl sites for hydroxylation is 4. The fourth-order valence-corrected chi connectivity index (χ4v) is 12.4. The molecule has 2 aliphatic rings. The van der Waals surface area contributed by atoms with Gasteiger partial charge in [0.2, 0.25) is 0 Å². The minimum atomic E-state index is -4.77. The number of carboxylic acid groups (broad SMARTS) is 2. The molecule has 18 nitrogen and oxygen atoms in total. The van der Waals surface area contributed by atoms with Crippen molar-refractivity contribution < 1.29 is 64.2 Å². The first-order valence-electron chi connectivity index (χ1n) is 23.8. The normalized spacial score (nSPS) is 12.3. The number of rotatable bonds is 17. The van der Waals surface area contributed by atoms with E-state index in [4.69, 9.17) is 9.41 Å². The molecule has 0 saturated heterocycles. The van der Waals surface area contributed by atoms with Gasteiger partial charge in [-0.15, -0.1) is 0 Å². The number of carbonyl (C=O) groups is 2. The van der Waals surface area contributed by atoms with Crippen LogP contribution >= 0.6 is 0 Å². The third-order valence-electron chi connectivity index (χ3n) is 13.0. The number of hydrogen-bond donors (Lipinski definition) is 8. The Morgan fingerprint density at radius 3 is 1.68 bits per heavy atom. The number of anilines is 4. The van der Waals surface area contributed by atoms with Crippen LogP contribution in [0.15, 0.2) is 133 Å². The number of benzene rings is 7. The van der Waals surface area contributed by atoms with Crippen LogP contribution in [0, 0.1) is 13.8 Å². The monoisotopic (exact) mass is 1090 g/mol. The van der Waals surface area contributed by atoms with Gasteiger partial charge in [0.05, 0.1) is 32.2 Å². The minimum Gasteiger partial charge on any atom is -0.507 e. The van der Waals surface area contributed by atoms with Gasteiger partial charge in [-0.2, -0.15) is 8.42 Å². The topological polar surface area (TPSA) is 299 Å². The molecule has 0 aromatic heterocycles. The van der Waals surface area contributed by atoms with Crippen LogP contribution in [0.1, 0.15) is 81.8 Å². The van der Waals surface area contributed by atoms with E-state index in [9.17, 15) is 59.8 Å². The van der Waals surface area contributed by atoms with Crippen LogP contribution in [0.4, 0.5) is 28.4 Å². The molecular formula is C55H52N4O14S3. The van der Waals surface area contributed by atoms with Gasteiger partial charge in [-0.05, 0) is 129 Å². The lowest BCUT2D eigenvalue weighted by molar-refractivity contribution is 0.0682. The summed E-state index contributed by atoms with van der Waals surface area (Å²) in [4.78, 5) is 27.5. The molecule has 8 rings (SSSR count). The van der Waals surface area contributed by atoms with E-state index in [0.29, 0.717) is 86.9 Å². The largest absolute Gasteiger partial charge is 0.507 e. The maximum Gasteiger partial charge on any atom is 0.339 e. The highest BCUT2D eigenvalue weighted by atomic mass is 32.2. The Morgan fingerprint density at radius 2 is 1.14 bits per heavy atom. The summed E-state index contributed by atoms with van der Waals surface area (Å²) in [6.07, 6.45) is 1.65. The second kappa shape index (κ2) is 20.8. The first-order chi connectivity index (χ1) is 35.9. The standard InChI is InChI=1S/C55H52N4O14S3/c1-7-31-23-29(5)50(58-74(66,67)35-17-21-44(60)42(27-35)54(62)63)37(9-3)52(31)56-33-15-19-39-46(25-33)73-47-26-34(16-20-40(47)49(39)41-13-11-12-14-48(41)76(70,71)72)57-53-32(8-2)24-30(6)51(38(53)10-4)59-75(68,69)36-18-22-45(61)43(28-36)55(64)65/h11-28,56,58-61H,7-10H2,1-6H3,(H,62,63)(H,64,65)(H,70,71,72). The molecule has 0 saturated carbocycles. The molecule has 76 heavy (non-hydrogen) atoms. The second-order valence-corrected chi connectivity index (χ2v) is 22.6. The predicted molar refractivity (Wildman–Crippen MR) is 288 cm³/mol. The predicted octanol–water partition coefficient (Wildman–Crippen LogP) is 10.7. The van der Waals surface area contributed by atoms with Crippen LogP contribution in [-0.4, -0.2) is 62.2 Å². The molecular weight excluding hydrogens is 1040 g/mol. The third-order valence-corrected chi connectivity index (χ3v) is 16.6. The average Bonchev–Trinajstić information content (AvgIpc) is 3.38. The molecule has 0 atom stereocenters. The van der Waals surface area contributed by atoms with Crippen molar-refractivity contribution in [2.75, 3.05) is 14.8 Å². The molecule has 6 aromatic rings. The molecule has 6 aromatic carbocycles. The molecule has 394 valence electrons. The molecule has 0 spiro atoms. The van der Waals surface area contributed by atoms with Crippen molar-refractivity contribution in [1.82, 2.24) is 0 Å². The van der Waals surface area contributed by atoms with Gasteiger partial charge in [-0.25, -0.2) is 31.4 Å². The number of aromatic carboxylic acids is 2. The zero-order valence-electron chi connectivity index (χ0n) is 41.8. The number of nitrogens with one attached hydrogen (secondary N) is 3. The zero-order valence-corrected chi connectivity index (χ0v) is 44.3. The van der Waals surface area contributed by atoms with Crippen LogP contribution in [0.5, 0.6) is 11.5 Å². The summed E-state index contributed by atoms with van der Waals surface area (Å²) in [5, 5.41) is 43.6. The smallest absolute Gasteiger partial charge is 0.339 e. The molecule has 1 heterocycles. The van der Waals surface area contributed by atoms with E-state index >= 15 is 0 Å². The molecule has 0 bridgehead atoms. The zero-order chi connectivity index (χ0) is 55.2. The quantitative estimate of drug-likeness (QED) is 0.0311. The van der Waals surface area contributed by atoms with Crippen LogP contribution in [-0.2, 0) is 55.8 Å². The molecule has 1 aliphatic heterocycles. The molecule has 0 fully saturated rings. The van der Waals surface area contributed by atoms with Gasteiger partial charge < -0.3 is 30.2 Å². The Labute approximate surface area is 438 Å². The van der Waals surface area contributed by atoms with Crippen LogP contribution in [0.3, 0.4) is 0 Å². The number of nitrogens with zero attached hydrogens (tertiary/aromatic N) is 1. The van der Waals surface area contributed by atoms with Crippen molar-refractivity contribution in [2.24, 2.45) is 4.99 Å². The third kappa shape index (κ3) is 10.4. The van der Waals surface area contributed by atoms with Gasteiger partial charge >= 0.3 is 11.9 Å². The summed E-state index contributed by atoms with van der Waals surface area (Å²) in [6, 6.07) is 25.8. The summed E-state index contributed by atoms with van der Waals surface area (Å²) in [5.74, 6) is -3.97. The van der Waals surface area contributed by atoms with Crippen LogP contribution < -0.4 is 20.1 Å². The van der Waals surface area contributed by atoms with Gasteiger partial charge in [0, 0.05) is 56.7 Å². The van der Waals surface area contributed by atoms with Crippen LogP contribution in [0.25, 0.3) is 33.4 Å². The van der Waals surface area contributed by atoms with E-state index in [-0.39, 0.29) is 43.0 Å². The van der Waals surface area contributed by atoms with Crippen molar-refractivity contribution in [3.05, 3.63) is 159 Å². The van der Waals surface area contributed by atoms with E-state index < -0.39 is 64.7 Å². The van der Waals surface area contributed by atoms with Crippen molar-refractivity contribution in [2.45, 2.75) is 81.9 Å². The first-order valence-corrected chi connectivity index (χ1v) is 28.2. The molecule has 21 heteroatoms. The number of carboxylic acids is 2. The highest BCUT2D eigenvalue weighted by Crippen LogP contribution is 2.44. The Balaban J connectivity index is 1.29. The van der Waals surface area contributed by atoms with Crippen molar-refractivity contribution in [3.63, 3.8) is 0 Å². The van der Waals surface area contributed by atoms with E-state index in [1.807, 2.05) is 33.8 Å². The lowest BCUT2D eigenvalue weighted by atomic mass is 9.93. The fraction of sp³-hybridized carbons (Fsp3) is 0.182. The van der Waals surface area contributed by atoms with Crippen molar-refractivity contribution >= 4 is 81.5 Å². The number of sulfonamides is 2. The Kier molecular flexibility index (Phi) is 14.8. The molecule has 1 aliphatic carbocycles. The highest BCUT2D eigenvalue weighted by Gasteiger charge is 2.28. The Morgan fingerprint density at radius 1 is 0.592 bits per heavy atom. The number of hydrogen-bond acceptors (Lipinski definition) is 13. The van der Waals surface area contributed by atoms with Gasteiger partial charge in [-0.1, -0.05) is 58.0 Å². The van der Waals surface area contributed by atoms with Crippen LogP contribution in [0.2, 0.25) is 0 Å². The minimum absolute atomic E-state index is 0.170. The second-order valence-electron chi connectivity index (χ2n) is 17.8. The lowest BCUT2D eigenvalue weighted by Crippen LogP contribution is -2.17. The van der Waals surface area contributed by atoms with E-state index in [1.54, 1.807) is 68.4 Å². The first kappa shape index (κ1) is 54.0. The molecule has 0 amide bonds. The van der Waals surface area contributed by atoms with Gasteiger partial charge in [0.1, 0.15) is 38.9 Å². The Hall–Kier alpha value is -8.24. The van der Waals surface area contributed by atoms with Gasteiger partial charge in [0.15, 0.2) is 0 Å². The number of aromatic hydroxyl groups is 2. The maximum atomic E-state index is 13.8. The lowest BCUT2D eigenvalue weighted by Gasteiger charge is -2.23. The van der Waals surface area contributed by atoms with Crippen molar-refractivity contribution in [3.8, 4) is 33.9 Å². The summed E-state index contributed by atoms with van der Waals surface area (Å²) < 4.78 is 104. The maximum absolute atomic E-state index is 13.8. The van der Waals surface area contributed by atoms with Crippen molar-refractivity contribution in [1.29, 1.82) is 0 Å². The Bertz CT molecular complexity index is 4100. The van der Waals surface area contributed by atoms with Gasteiger partial charge in [0.25, 0.3) is 30.2 Å². The summed E-state index contributed by atoms with van der Waals surface area (Å²) >= 11 is 0. The fourth-order valence-electron chi connectivity index (χ4n) is 9.32. The van der Waals surface area contributed by atoms with E-state index in [0.717, 1.165) is 47.5 Å². The summed E-state index contributed by atoms with van der Waals surface area (Å²) in [7, 11) is -13.6.